The molecule has 4 aromatic rings. The Hall–Kier alpha value is -5.58. The van der Waals surface area contributed by atoms with Crippen LogP contribution in [0.1, 0.15) is 67.5 Å². The number of benzene rings is 2. The Morgan fingerprint density at radius 1 is 0.564 bits per heavy atom. The van der Waals surface area contributed by atoms with Crippen LogP contribution in [0.15, 0.2) is 72.8 Å². The first kappa shape index (κ1) is 45.6. The molecule has 2 aromatic carbocycles. The van der Waals surface area contributed by atoms with Crippen LogP contribution in [-0.4, -0.2) is 116 Å². The molecule has 4 rings (SSSR count). The Kier molecular flexibility index (Phi) is 17.2. The summed E-state index contributed by atoms with van der Waals surface area (Å²) >= 11 is 0. The third-order valence-corrected chi connectivity index (χ3v) is 8.22. The van der Waals surface area contributed by atoms with Crippen LogP contribution in [0.3, 0.4) is 0 Å². The minimum absolute atomic E-state index is 0. The molecule has 0 saturated heterocycles. The zero-order valence-corrected chi connectivity index (χ0v) is 32.7. The number of nitrogens with zero attached hydrogens (tertiary/aromatic N) is 2. The average molecular weight is 783 g/mol. The van der Waals surface area contributed by atoms with Crippen LogP contribution in [0.5, 0.6) is 0 Å². The Bertz CT molecular complexity index is 1920. The Labute approximate surface area is 345 Å². The molecule has 0 saturated carbocycles. The second-order valence-electron chi connectivity index (χ2n) is 12.4. The van der Waals surface area contributed by atoms with E-state index in [9.17, 15) is 48.6 Å². The largest absolute Gasteiger partial charge is 2.00 e. The van der Waals surface area contributed by atoms with Crippen molar-refractivity contribution in [3.05, 3.63) is 118 Å². The van der Waals surface area contributed by atoms with Crippen molar-refractivity contribution in [1.29, 1.82) is 0 Å². The quantitative estimate of drug-likeness (QED) is 0.0809. The molecular formula is C38H38CaN4O12. The van der Waals surface area contributed by atoms with Gasteiger partial charge in [-0.05, 0) is 38.1 Å². The summed E-state index contributed by atoms with van der Waals surface area (Å²) in [6.45, 7) is 3.83. The maximum absolute atomic E-state index is 12.6. The smallest absolute Gasteiger partial charge is 0.548 e. The monoisotopic (exact) mass is 782 g/mol. The summed E-state index contributed by atoms with van der Waals surface area (Å²) < 4.78 is 3.10. The number of amides is 2. The predicted octanol–water partition coefficient (Wildman–Crippen LogP) is -0.748. The Morgan fingerprint density at radius 2 is 0.873 bits per heavy atom. The third kappa shape index (κ3) is 13.3. The zero-order valence-electron chi connectivity index (χ0n) is 30.5. The van der Waals surface area contributed by atoms with Crippen molar-refractivity contribution in [2.75, 3.05) is 0 Å². The number of carboxylic acid groups (broad SMARTS) is 4. The van der Waals surface area contributed by atoms with Gasteiger partial charge in [0.05, 0.1) is 61.1 Å². The fourth-order valence-corrected chi connectivity index (χ4v) is 5.18. The third-order valence-electron chi connectivity index (χ3n) is 8.22. The van der Waals surface area contributed by atoms with Gasteiger partial charge in [0.2, 0.25) is 23.4 Å². The van der Waals surface area contributed by atoms with Crippen LogP contribution in [0.4, 0.5) is 0 Å². The topological polar surface area (TPSA) is 257 Å². The summed E-state index contributed by atoms with van der Waals surface area (Å²) in [5, 5.41) is 43.5. The molecule has 2 amide bonds. The summed E-state index contributed by atoms with van der Waals surface area (Å²) in [5.41, 5.74) is 4.80. The van der Waals surface area contributed by atoms with Gasteiger partial charge in [-0.15, -0.1) is 0 Å². The Morgan fingerprint density at radius 3 is 1.15 bits per heavy atom. The van der Waals surface area contributed by atoms with Gasteiger partial charge in [0.15, 0.2) is 0 Å². The molecule has 17 heteroatoms. The van der Waals surface area contributed by atoms with E-state index in [0.717, 1.165) is 11.1 Å². The summed E-state index contributed by atoms with van der Waals surface area (Å²) in [5.74, 6) is -7.85. The van der Waals surface area contributed by atoms with Gasteiger partial charge < -0.3 is 49.8 Å². The van der Waals surface area contributed by atoms with Crippen molar-refractivity contribution in [3.63, 3.8) is 0 Å². The van der Waals surface area contributed by atoms with Crippen molar-refractivity contribution in [1.82, 2.24) is 19.8 Å². The van der Waals surface area contributed by atoms with E-state index in [1.165, 1.54) is 0 Å². The maximum Gasteiger partial charge on any atom is 2.00 e. The van der Waals surface area contributed by atoms with Gasteiger partial charge in [-0.25, -0.2) is 0 Å². The number of nitrogens with one attached hydrogen (secondary N) is 2. The van der Waals surface area contributed by atoms with E-state index in [2.05, 4.69) is 10.6 Å². The fourth-order valence-electron chi connectivity index (χ4n) is 5.18. The fraction of sp³-hybridized carbons (Fsp3) is 0.263. The van der Waals surface area contributed by atoms with E-state index in [1.54, 1.807) is 71.8 Å². The molecule has 284 valence electrons. The van der Waals surface area contributed by atoms with Gasteiger partial charge in [0.1, 0.15) is 0 Å². The molecule has 0 bridgehead atoms. The molecular weight excluding hydrogens is 745 g/mol. The molecule has 2 atom stereocenters. The van der Waals surface area contributed by atoms with E-state index in [1.807, 2.05) is 38.1 Å². The molecule has 0 aliphatic carbocycles. The molecule has 2 heterocycles. The molecule has 16 nitrogen and oxygen atoms in total. The predicted molar refractivity (Wildman–Crippen MR) is 192 cm³/mol. The number of ketones is 2. The van der Waals surface area contributed by atoms with Crippen molar-refractivity contribution < 1.29 is 58.8 Å². The maximum atomic E-state index is 12.6. The number of rotatable bonds is 16. The Balaban J connectivity index is 0.000000373. The SMILES string of the molecule is Cc1ccc(C(=O)c2ccc(CC(=O)N[C@@H](CC(=O)O)C(=O)[O-])n2C)cc1.Cc1ccc(C(=O)c2ccc(CC(=O)N[C@@H](CC(=O)O)C(=O)[O-])n2C)cc1.[Ca+2]. The molecule has 0 aliphatic rings. The number of carbonyl (C=O) groups excluding carboxylic acids is 6. The van der Waals surface area contributed by atoms with Crippen molar-refractivity contribution in [3.8, 4) is 0 Å². The summed E-state index contributed by atoms with van der Waals surface area (Å²) in [6, 6.07) is 17.3. The van der Waals surface area contributed by atoms with E-state index < -0.39 is 60.6 Å². The number of hydrogen-bond acceptors (Lipinski definition) is 10. The van der Waals surface area contributed by atoms with Crippen LogP contribution in [0.25, 0.3) is 0 Å². The molecule has 0 fully saturated rings. The summed E-state index contributed by atoms with van der Waals surface area (Å²) in [6.07, 6.45) is -1.97. The number of aromatic nitrogens is 2. The van der Waals surface area contributed by atoms with Crippen LogP contribution in [0.2, 0.25) is 0 Å². The van der Waals surface area contributed by atoms with Gasteiger partial charge in [0, 0.05) is 36.6 Å². The number of carboxylic acids is 4. The molecule has 4 N–H and O–H groups in total. The summed E-state index contributed by atoms with van der Waals surface area (Å²) in [4.78, 5) is 92.5. The first-order chi connectivity index (χ1) is 25.4. The molecule has 0 spiro atoms. The zero-order chi connectivity index (χ0) is 40.3. The average Bonchev–Trinajstić information content (AvgIpc) is 3.64. The van der Waals surface area contributed by atoms with Gasteiger partial charge in [-0.3, -0.25) is 28.8 Å². The van der Waals surface area contributed by atoms with Crippen LogP contribution in [-0.2, 0) is 55.7 Å². The number of aryl methyl sites for hydroxylation is 2. The van der Waals surface area contributed by atoms with Gasteiger partial charge in [-0.2, -0.15) is 0 Å². The van der Waals surface area contributed by atoms with Crippen molar-refractivity contribution in [2.24, 2.45) is 14.1 Å². The molecule has 0 radical (unpaired) electrons. The van der Waals surface area contributed by atoms with E-state index >= 15 is 0 Å². The van der Waals surface area contributed by atoms with Gasteiger partial charge in [0.25, 0.3) is 0 Å². The second-order valence-corrected chi connectivity index (χ2v) is 12.4. The molecule has 55 heavy (non-hydrogen) atoms. The minimum atomic E-state index is -1.67. The summed E-state index contributed by atoms with van der Waals surface area (Å²) in [7, 11) is 3.25. The second kappa shape index (κ2) is 20.8. The van der Waals surface area contributed by atoms with Crippen LogP contribution >= 0.6 is 0 Å². The van der Waals surface area contributed by atoms with E-state index in [-0.39, 0.29) is 62.1 Å². The molecule has 0 aliphatic heterocycles. The van der Waals surface area contributed by atoms with E-state index in [4.69, 9.17) is 10.2 Å². The number of hydrogen-bond donors (Lipinski definition) is 4. The first-order valence-electron chi connectivity index (χ1n) is 16.3. The van der Waals surface area contributed by atoms with Crippen LogP contribution in [0, 0.1) is 13.8 Å². The van der Waals surface area contributed by atoms with Crippen LogP contribution < -0.4 is 20.8 Å². The van der Waals surface area contributed by atoms with Gasteiger partial charge in [-0.1, -0.05) is 59.7 Å². The normalized spacial score (nSPS) is 11.4. The van der Waals surface area contributed by atoms with Gasteiger partial charge >= 0.3 is 49.7 Å². The number of carbonyl (C=O) groups is 8. The standard InChI is InChI=1S/2C19H20N2O6.Ca/c2*1-11-3-5-12(6-4-11)18(25)15-8-7-13(21(15)2)9-16(22)20-14(19(26)27)10-17(23)24;/h2*3-8,14H,9-10H2,1-2H3,(H,20,22)(H,23,24)(H,26,27);/q;;+2/p-2/t2*14-;/m00./s1. The van der Waals surface area contributed by atoms with Crippen molar-refractivity contribution in [2.45, 2.75) is 51.6 Å². The minimum Gasteiger partial charge on any atom is -0.548 e. The first-order valence-corrected chi connectivity index (χ1v) is 16.3. The van der Waals surface area contributed by atoms with Crippen molar-refractivity contribution >= 4 is 85.0 Å². The number of aliphatic carboxylic acids is 4. The molecule has 2 aromatic heterocycles. The van der Waals surface area contributed by atoms with E-state index in [0.29, 0.717) is 33.9 Å². The molecule has 0 unspecified atom stereocenters.